The lowest BCUT2D eigenvalue weighted by molar-refractivity contribution is -0.291. The number of hydrogen-bond acceptors (Lipinski definition) is 9. The van der Waals surface area contributed by atoms with Crippen molar-refractivity contribution in [1.29, 1.82) is 0 Å². The molecule has 1 aliphatic heterocycles. The monoisotopic (exact) mass is 360 g/mol. The van der Waals surface area contributed by atoms with Crippen LogP contribution in [0, 0.1) is 0 Å². The van der Waals surface area contributed by atoms with Crippen molar-refractivity contribution in [3.05, 3.63) is 29.8 Å². The first kappa shape index (κ1) is 20.0. The van der Waals surface area contributed by atoms with Gasteiger partial charge in [-0.1, -0.05) is 18.2 Å². The summed E-state index contributed by atoms with van der Waals surface area (Å²) in [7, 11) is 1.45. The van der Waals surface area contributed by atoms with Crippen molar-refractivity contribution in [1.82, 2.24) is 0 Å². The molecular weight excluding hydrogens is 336 g/mol. The van der Waals surface area contributed by atoms with Crippen LogP contribution in [0.15, 0.2) is 24.3 Å². The molecule has 0 aliphatic carbocycles. The molecule has 0 spiro atoms. The Morgan fingerprint density at radius 1 is 1.08 bits per heavy atom. The van der Waals surface area contributed by atoms with E-state index in [-0.39, 0.29) is 6.61 Å². The first-order valence-electron chi connectivity index (χ1n) is 7.81. The average molecular weight is 360 g/mol. The van der Waals surface area contributed by atoms with E-state index >= 15 is 0 Å². The minimum Gasteiger partial charge on any atom is -0.496 e. The number of aliphatic hydroxyl groups excluding tert-OH is 6. The molecule has 142 valence electrons. The third-order valence-electron chi connectivity index (χ3n) is 4.11. The normalized spacial score (nSPS) is 32.2. The van der Waals surface area contributed by atoms with Gasteiger partial charge < -0.3 is 44.8 Å². The van der Waals surface area contributed by atoms with Gasteiger partial charge in [-0.05, 0) is 6.07 Å². The van der Waals surface area contributed by atoms with Crippen molar-refractivity contribution < 1.29 is 44.8 Å². The Kier molecular flexibility index (Phi) is 7.11. The molecule has 9 nitrogen and oxygen atoms in total. The van der Waals surface area contributed by atoms with Gasteiger partial charge in [0.2, 0.25) is 0 Å². The van der Waals surface area contributed by atoms with Gasteiger partial charge in [0.1, 0.15) is 42.4 Å². The van der Waals surface area contributed by atoms with Crippen LogP contribution in [-0.2, 0) is 9.47 Å². The van der Waals surface area contributed by atoms with Gasteiger partial charge in [0.15, 0.2) is 6.29 Å². The van der Waals surface area contributed by atoms with Crippen molar-refractivity contribution in [2.75, 3.05) is 20.3 Å². The van der Waals surface area contributed by atoms with E-state index in [0.29, 0.717) is 11.3 Å². The molecule has 5 unspecified atom stereocenters. The van der Waals surface area contributed by atoms with E-state index in [2.05, 4.69) is 0 Å². The summed E-state index contributed by atoms with van der Waals surface area (Å²) in [5, 5.41) is 58.0. The quantitative estimate of drug-likeness (QED) is 0.322. The molecular formula is C16H24O9. The summed E-state index contributed by atoms with van der Waals surface area (Å²) in [6.07, 6.45) is -9.85. The van der Waals surface area contributed by atoms with E-state index < -0.39 is 49.5 Å². The average Bonchev–Trinajstić information content (AvgIpc) is 2.64. The van der Waals surface area contributed by atoms with Gasteiger partial charge in [0, 0.05) is 5.56 Å². The maximum absolute atomic E-state index is 10.1. The fourth-order valence-corrected chi connectivity index (χ4v) is 2.67. The zero-order chi connectivity index (χ0) is 18.6. The first-order valence-corrected chi connectivity index (χ1v) is 7.81. The molecule has 0 amide bonds. The minimum atomic E-state index is -1.68. The van der Waals surface area contributed by atoms with E-state index in [0.717, 1.165) is 0 Å². The number of aliphatic hydroxyl groups is 6. The van der Waals surface area contributed by atoms with Crippen LogP contribution in [0.5, 0.6) is 5.75 Å². The topological polar surface area (TPSA) is 149 Å². The number of methoxy groups -OCH3 is 1. The molecule has 7 atom stereocenters. The van der Waals surface area contributed by atoms with Crippen LogP contribution in [-0.4, -0.2) is 87.8 Å². The summed E-state index contributed by atoms with van der Waals surface area (Å²) in [5.41, 5.74) is 0.470. The largest absolute Gasteiger partial charge is 0.496 e. The van der Waals surface area contributed by atoms with Crippen molar-refractivity contribution in [2.24, 2.45) is 0 Å². The second kappa shape index (κ2) is 8.88. The van der Waals surface area contributed by atoms with Crippen LogP contribution in [0.3, 0.4) is 0 Å². The van der Waals surface area contributed by atoms with Gasteiger partial charge in [-0.25, -0.2) is 0 Å². The Morgan fingerprint density at radius 2 is 1.76 bits per heavy atom. The van der Waals surface area contributed by atoms with Crippen molar-refractivity contribution in [3.8, 4) is 5.75 Å². The Morgan fingerprint density at radius 3 is 2.40 bits per heavy atom. The number of ether oxygens (including phenoxy) is 3. The molecule has 9 heteroatoms. The zero-order valence-electron chi connectivity index (χ0n) is 13.7. The number of hydrogen-bond donors (Lipinski definition) is 6. The molecule has 1 aliphatic rings. The minimum absolute atomic E-state index is 0.318. The molecule has 1 heterocycles. The van der Waals surface area contributed by atoms with E-state index in [9.17, 15) is 30.6 Å². The molecule has 0 radical (unpaired) electrons. The smallest absolute Gasteiger partial charge is 0.184 e. The van der Waals surface area contributed by atoms with E-state index in [4.69, 9.17) is 14.2 Å². The first-order chi connectivity index (χ1) is 11.9. The molecule has 1 aromatic rings. The summed E-state index contributed by atoms with van der Waals surface area (Å²) in [6.45, 7) is -0.900. The maximum atomic E-state index is 10.1. The van der Waals surface area contributed by atoms with Crippen molar-refractivity contribution >= 4 is 0 Å². The third kappa shape index (κ3) is 4.46. The highest BCUT2D eigenvalue weighted by Gasteiger charge is 2.43. The lowest BCUT2D eigenvalue weighted by Crippen LogP contribution is -2.58. The van der Waals surface area contributed by atoms with E-state index in [1.54, 1.807) is 24.3 Å². The molecule has 1 aromatic carbocycles. The predicted molar refractivity (Wildman–Crippen MR) is 83.7 cm³/mol. The zero-order valence-corrected chi connectivity index (χ0v) is 13.7. The second-order valence-electron chi connectivity index (χ2n) is 5.78. The molecule has 6 N–H and O–H groups in total. The van der Waals surface area contributed by atoms with Crippen molar-refractivity contribution in [3.63, 3.8) is 0 Å². The van der Waals surface area contributed by atoms with Gasteiger partial charge in [-0.15, -0.1) is 0 Å². The van der Waals surface area contributed by atoms with Crippen LogP contribution in [0.4, 0.5) is 0 Å². The van der Waals surface area contributed by atoms with Crippen LogP contribution in [0.1, 0.15) is 11.7 Å². The van der Waals surface area contributed by atoms with Crippen LogP contribution < -0.4 is 4.74 Å². The molecule has 1 fully saturated rings. The fraction of sp³-hybridized carbons (Fsp3) is 0.625. The maximum Gasteiger partial charge on any atom is 0.184 e. The van der Waals surface area contributed by atoms with Gasteiger partial charge in [-0.2, -0.15) is 0 Å². The van der Waals surface area contributed by atoms with Crippen LogP contribution in [0.25, 0.3) is 0 Å². The summed E-state index contributed by atoms with van der Waals surface area (Å²) in [5.74, 6) is 0.431. The van der Waals surface area contributed by atoms with Gasteiger partial charge in [0.05, 0.1) is 20.3 Å². The standard InChI is InChI=1S/C16H24O9/c1-23-10-5-3-2-4-8(10)15(9(18)6-17)24-7-11-12(19)13(20)14(21)16(22)25-11/h2-5,9,11-22H,6-7H2,1H3/t9?,11?,12-,13?,14?,15?,16+/m1/s1. The Bertz CT molecular complexity index is 540. The SMILES string of the molecule is COc1ccccc1C(OCC1O[C@H](O)C(O)C(O)[C@@H]1O)C(O)CO. The molecule has 1 saturated heterocycles. The lowest BCUT2D eigenvalue weighted by Gasteiger charge is -2.38. The predicted octanol–water partition coefficient (Wildman–Crippen LogP) is -2.09. The van der Waals surface area contributed by atoms with Crippen LogP contribution >= 0.6 is 0 Å². The molecule has 2 rings (SSSR count). The Hall–Kier alpha value is -1.30. The van der Waals surface area contributed by atoms with Gasteiger partial charge in [-0.3, -0.25) is 0 Å². The highest BCUT2D eigenvalue weighted by Crippen LogP contribution is 2.31. The van der Waals surface area contributed by atoms with E-state index in [1.165, 1.54) is 7.11 Å². The Balaban J connectivity index is 2.13. The summed E-state index contributed by atoms with van der Waals surface area (Å²) < 4.78 is 15.8. The summed E-state index contributed by atoms with van der Waals surface area (Å²) in [6, 6.07) is 6.74. The molecule has 0 bridgehead atoms. The highest BCUT2D eigenvalue weighted by atomic mass is 16.6. The molecule has 25 heavy (non-hydrogen) atoms. The molecule has 0 saturated carbocycles. The second-order valence-corrected chi connectivity index (χ2v) is 5.78. The lowest BCUT2D eigenvalue weighted by atomic mass is 9.99. The van der Waals surface area contributed by atoms with Gasteiger partial charge in [0.25, 0.3) is 0 Å². The van der Waals surface area contributed by atoms with Crippen molar-refractivity contribution in [2.45, 2.75) is 42.9 Å². The number of rotatable bonds is 7. The molecule has 0 aromatic heterocycles. The summed E-state index contributed by atoms with van der Waals surface area (Å²) in [4.78, 5) is 0. The Labute approximate surface area is 144 Å². The van der Waals surface area contributed by atoms with Crippen LogP contribution in [0.2, 0.25) is 0 Å². The van der Waals surface area contributed by atoms with E-state index in [1.807, 2.05) is 0 Å². The number of para-hydroxylation sites is 1. The highest BCUT2D eigenvalue weighted by molar-refractivity contribution is 5.35. The summed E-state index contributed by atoms with van der Waals surface area (Å²) >= 11 is 0. The fourth-order valence-electron chi connectivity index (χ4n) is 2.67. The number of benzene rings is 1. The third-order valence-corrected chi connectivity index (χ3v) is 4.11. The van der Waals surface area contributed by atoms with Gasteiger partial charge >= 0.3 is 0 Å².